The second-order valence-corrected chi connectivity index (χ2v) is 7.98. The van der Waals surface area contributed by atoms with Gasteiger partial charge in [-0.2, -0.15) is 4.98 Å². The number of benzene rings is 2. The van der Waals surface area contributed by atoms with Gasteiger partial charge in [0, 0.05) is 25.0 Å². The molecular weight excluding hydrogens is 418 g/mol. The lowest BCUT2D eigenvalue weighted by Crippen LogP contribution is -2.39. The Morgan fingerprint density at radius 2 is 1.67 bits per heavy atom. The number of nitrogens with zero attached hydrogens (tertiary/aromatic N) is 5. The van der Waals surface area contributed by atoms with Gasteiger partial charge in [-0.1, -0.05) is 54.6 Å². The van der Waals surface area contributed by atoms with E-state index in [2.05, 4.69) is 4.98 Å². The summed E-state index contributed by atoms with van der Waals surface area (Å²) in [5.74, 6) is 0.564. The van der Waals surface area contributed by atoms with E-state index in [0.717, 1.165) is 17.0 Å². The average molecular weight is 441 g/mol. The number of fused-ring (bicyclic) bond motifs is 3. The molecule has 0 fully saturated rings. The molecule has 8 nitrogen and oxygen atoms in total. The zero-order chi connectivity index (χ0) is 23.3. The highest BCUT2D eigenvalue weighted by molar-refractivity contribution is 5.77. The van der Waals surface area contributed by atoms with E-state index in [-0.39, 0.29) is 12.3 Å². The molecule has 0 unspecified atom stereocenters. The fraction of sp³-hybridized carbons (Fsp3) is 0.160. The van der Waals surface area contributed by atoms with Crippen molar-refractivity contribution in [3.05, 3.63) is 98.5 Å². The zero-order valence-corrected chi connectivity index (χ0v) is 18.6. The fourth-order valence-electron chi connectivity index (χ4n) is 4.21. The Hall–Kier alpha value is -4.33. The second kappa shape index (κ2) is 7.67. The Morgan fingerprint density at radius 1 is 0.970 bits per heavy atom. The number of hydrogen-bond acceptors (Lipinski definition) is 4. The summed E-state index contributed by atoms with van der Waals surface area (Å²) in [7, 11) is 1.61. The van der Waals surface area contributed by atoms with Gasteiger partial charge in [-0.3, -0.25) is 22.9 Å². The molecule has 166 valence electrons. The lowest BCUT2D eigenvalue weighted by molar-refractivity contribution is 0.472. The van der Waals surface area contributed by atoms with E-state index >= 15 is 0 Å². The van der Waals surface area contributed by atoms with E-state index in [1.54, 1.807) is 40.3 Å². The maximum absolute atomic E-state index is 13.5. The number of phenolic OH excluding ortho intramolecular Hbond substituents is 1. The van der Waals surface area contributed by atoms with Crippen molar-refractivity contribution in [1.82, 2.24) is 23.1 Å². The third-order valence-corrected chi connectivity index (χ3v) is 6.04. The van der Waals surface area contributed by atoms with Gasteiger partial charge in [0.2, 0.25) is 5.78 Å². The number of para-hydroxylation sites is 2. The molecule has 1 N–H and O–H groups in total. The van der Waals surface area contributed by atoms with Crippen LogP contribution in [0.25, 0.3) is 28.7 Å². The minimum Gasteiger partial charge on any atom is -0.506 e. The molecule has 0 radical (unpaired) electrons. The van der Waals surface area contributed by atoms with Crippen molar-refractivity contribution >= 4 is 23.0 Å². The molecule has 0 aliphatic heterocycles. The summed E-state index contributed by atoms with van der Waals surface area (Å²) in [6.45, 7) is 3.94. The van der Waals surface area contributed by atoms with Crippen LogP contribution >= 0.6 is 0 Å². The maximum Gasteiger partial charge on any atom is 0.332 e. The first-order valence-corrected chi connectivity index (χ1v) is 10.6. The fourth-order valence-corrected chi connectivity index (χ4v) is 4.21. The van der Waals surface area contributed by atoms with Crippen molar-refractivity contribution in [2.75, 3.05) is 0 Å². The van der Waals surface area contributed by atoms with E-state index in [4.69, 9.17) is 0 Å². The highest BCUT2D eigenvalue weighted by atomic mass is 16.3. The molecule has 0 saturated carbocycles. The second-order valence-electron chi connectivity index (χ2n) is 7.98. The number of phenols is 1. The number of rotatable bonds is 4. The van der Waals surface area contributed by atoms with E-state index in [1.807, 2.05) is 56.3 Å². The number of aromatic nitrogens is 5. The van der Waals surface area contributed by atoms with Gasteiger partial charge in [0.15, 0.2) is 11.2 Å². The molecule has 0 atom stereocenters. The van der Waals surface area contributed by atoms with E-state index < -0.39 is 11.2 Å². The van der Waals surface area contributed by atoms with Gasteiger partial charge in [-0.05, 0) is 31.5 Å². The highest BCUT2D eigenvalue weighted by Gasteiger charge is 2.23. The minimum absolute atomic E-state index is 0.0995. The van der Waals surface area contributed by atoms with Crippen molar-refractivity contribution in [3.63, 3.8) is 0 Å². The predicted molar refractivity (Wildman–Crippen MR) is 128 cm³/mol. The van der Waals surface area contributed by atoms with Crippen LogP contribution in [0.3, 0.4) is 0 Å². The maximum atomic E-state index is 13.5. The van der Waals surface area contributed by atoms with Gasteiger partial charge in [0.05, 0.1) is 5.69 Å². The first-order valence-electron chi connectivity index (χ1n) is 10.6. The summed E-state index contributed by atoms with van der Waals surface area (Å²) in [6, 6.07) is 16.7. The highest BCUT2D eigenvalue weighted by Crippen LogP contribution is 2.29. The van der Waals surface area contributed by atoms with Crippen LogP contribution in [0.1, 0.15) is 17.0 Å². The Kier molecular flexibility index (Phi) is 4.78. The molecule has 0 saturated heterocycles. The summed E-state index contributed by atoms with van der Waals surface area (Å²) in [4.78, 5) is 31.1. The third-order valence-electron chi connectivity index (χ3n) is 6.04. The Bertz CT molecular complexity index is 1670. The first-order chi connectivity index (χ1) is 15.9. The Labute approximate surface area is 188 Å². The Balaban J connectivity index is 1.75. The lowest BCUT2D eigenvalue weighted by Gasteiger charge is -2.08. The molecule has 8 heteroatoms. The van der Waals surface area contributed by atoms with Crippen molar-refractivity contribution in [1.29, 1.82) is 0 Å². The summed E-state index contributed by atoms with van der Waals surface area (Å²) in [5.41, 5.74) is 2.97. The number of allylic oxidation sites excluding steroid dienone is 1. The largest absolute Gasteiger partial charge is 0.506 e. The molecule has 0 spiro atoms. The van der Waals surface area contributed by atoms with Crippen LogP contribution in [-0.4, -0.2) is 28.2 Å². The summed E-state index contributed by atoms with van der Waals surface area (Å²) < 4.78 is 6.16. The summed E-state index contributed by atoms with van der Waals surface area (Å²) in [6.07, 6.45) is 3.68. The van der Waals surface area contributed by atoms with Gasteiger partial charge >= 0.3 is 5.69 Å². The molecule has 5 aromatic rings. The van der Waals surface area contributed by atoms with Crippen LogP contribution in [-0.2, 0) is 13.6 Å². The van der Waals surface area contributed by atoms with Crippen LogP contribution in [0.4, 0.5) is 0 Å². The molecule has 0 aliphatic rings. The van der Waals surface area contributed by atoms with E-state index in [9.17, 15) is 14.7 Å². The lowest BCUT2D eigenvalue weighted by atomic mass is 10.2. The third kappa shape index (κ3) is 3.10. The average Bonchev–Trinajstić information content (AvgIpc) is 3.31. The van der Waals surface area contributed by atoms with Crippen molar-refractivity contribution in [2.45, 2.75) is 20.4 Å². The molecule has 0 aliphatic carbocycles. The van der Waals surface area contributed by atoms with Crippen LogP contribution in [0.5, 0.6) is 5.75 Å². The summed E-state index contributed by atoms with van der Waals surface area (Å²) in [5, 5.41) is 10.4. The molecule has 3 aromatic heterocycles. The van der Waals surface area contributed by atoms with Crippen LogP contribution in [0.15, 0.2) is 70.3 Å². The standard InChI is InChI=1S/C25H23N5O3/c1-16-17(2)30-21-22(26-24(30)29(16)19-13-7-8-14-20(19)31)27(3)25(33)28(23(21)32)15-9-12-18-10-5-4-6-11-18/h4-14,31H,15H2,1-3H3/b12-9+. The Morgan fingerprint density at radius 3 is 2.39 bits per heavy atom. The SMILES string of the molecule is Cc1c(C)n2c3c(=O)n(C/C=C/c4ccccc4)c(=O)n(C)c3nc2n1-c1ccccc1O. The molecule has 2 aromatic carbocycles. The zero-order valence-electron chi connectivity index (χ0n) is 18.6. The molecule has 0 amide bonds. The first kappa shape index (κ1) is 20.6. The molecule has 3 heterocycles. The molecule has 5 rings (SSSR count). The monoisotopic (exact) mass is 441 g/mol. The molecular formula is C25H23N5O3. The van der Waals surface area contributed by atoms with Gasteiger partial charge in [-0.25, -0.2) is 4.79 Å². The van der Waals surface area contributed by atoms with Gasteiger partial charge < -0.3 is 5.11 Å². The quantitative estimate of drug-likeness (QED) is 0.464. The summed E-state index contributed by atoms with van der Waals surface area (Å²) >= 11 is 0. The van der Waals surface area contributed by atoms with Gasteiger partial charge in [0.25, 0.3) is 5.56 Å². The van der Waals surface area contributed by atoms with Crippen LogP contribution in [0, 0.1) is 13.8 Å². The van der Waals surface area contributed by atoms with E-state index in [0.29, 0.717) is 22.6 Å². The van der Waals surface area contributed by atoms with Crippen molar-refractivity contribution in [3.8, 4) is 11.4 Å². The minimum atomic E-state index is -0.436. The van der Waals surface area contributed by atoms with Crippen LogP contribution < -0.4 is 11.2 Å². The normalized spacial score (nSPS) is 11.8. The molecule has 0 bridgehead atoms. The number of imidazole rings is 2. The number of aryl methyl sites for hydroxylation is 2. The van der Waals surface area contributed by atoms with E-state index in [1.165, 1.54) is 9.13 Å². The predicted octanol–water partition coefficient (Wildman–Crippen LogP) is 3.17. The number of hydrogen-bond donors (Lipinski definition) is 1. The van der Waals surface area contributed by atoms with Crippen LogP contribution in [0.2, 0.25) is 0 Å². The number of aromatic hydroxyl groups is 1. The van der Waals surface area contributed by atoms with Gasteiger partial charge in [0.1, 0.15) is 5.75 Å². The van der Waals surface area contributed by atoms with Crippen molar-refractivity contribution < 1.29 is 5.11 Å². The topological polar surface area (TPSA) is 86.5 Å². The smallest absolute Gasteiger partial charge is 0.332 e. The molecule has 33 heavy (non-hydrogen) atoms. The van der Waals surface area contributed by atoms with Crippen molar-refractivity contribution in [2.24, 2.45) is 7.05 Å². The van der Waals surface area contributed by atoms with Gasteiger partial charge in [-0.15, -0.1) is 0 Å².